The summed E-state index contributed by atoms with van der Waals surface area (Å²) in [5.74, 6) is 2.28. The van der Waals surface area contributed by atoms with E-state index in [1.807, 2.05) is 26.8 Å². The Morgan fingerprint density at radius 3 is 2.65 bits per heavy atom. The van der Waals surface area contributed by atoms with E-state index in [0.29, 0.717) is 19.0 Å². The van der Waals surface area contributed by atoms with E-state index in [9.17, 15) is 0 Å². The summed E-state index contributed by atoms with van der Waals surface area (Å²) < 4.78 is 6.66. The first-order valence-corrected chi connectivity index (χ1v) is 8.49. The first-order chi connectivity index (χ1) is 11.0. The minimum Gasteiger partial charge on any atom is -0.444 e. The highest BCUT2D eigenvalue weighted by Gasteiger charge is 2.06. The molecule has 0 bridgehead atoms. The average Bonchev–Trinajstić information content (AvgIpc) is 2.82. The van der Waals surface area contributed by atoms with E-state index in [2.05, 4.69) is 55.6 Å². The van der Waals surface area contributed by atoms with Gasteiger partial charge in [-0.3, -0.25) is 0 Å². The minimum absolute atomic E-state index is 0.514. The normalized spacial score (nSPS) is 11.6. The highest BCUT2D eigenvalue weighted by atomic mass is 79.9. The van der Waals surface area contributed by atoms with Gasteiger partial charge in [0.15, 0.2) is 5.96 Å². The topological polar surface area (TPSA) is 62.5 Å². The molecule has 124 valence electrons. The Morgan fingerprint density at radius 2 is 2.04 bits per heavy atom. The van der Waals surface area contributed by atoms with Crippen molar-refractivity contribution in [2.75, 3.05) is 6.54 Å². The van der Waals surface area contributed by atoms with Crippen LogP contribution in [0.5, 0.6) is 0 Å². The predicted molar refractivity (Wildman–Crippen MR) is 96.5 cm³/mol. The number of hydrogen-bond donors (Lipinski definition) is 2. The Morgan fingerprint density at radius 1 is 1.26 bits per heavy atom. The van der Waals surface area contributed by atoms with E-state index < -0.39 is 0 Å². The maximum Gasteiger partial charge on any atom is 0.214 e. The average molecular weight is 379 g/mol. The molecule has 1 heterocycles. The molecule has 0 aliphatic heterocycles. The van der Waals surface area contributed by atoms with Gasteiger partial charge >= 0.3 is 0 Å². The second-order valence-corrected chi connectivity index (χ2v) is 6.28. The molecular formula is C17H23BrN4O. The number of aromatic nitrogens is 1. The summed E-state index contributed by atoms with van der Waals surface area (Å²) in [6.45, 7) is 9.93. The molecule has 0 saturated heterocycles. The van der Waals surface area contributed by atoms with Crippen LogP contribution in [0.3, 0.4) is 0 Å². The highest BCUT2D eigenvalue weighted by Crippen LogP contribution is 2.16. The lowest BCUT2D eigenvalue weighted by molar-refractivity contribution is 0.463. The third-order valence-corrected chi connectivity index (χ3v) is 4.03. The molecule has 0 unspecified atom stereocenters. The zero-order chi connectivity index (χ0) is 16.8. The number of benzene rings is 1. The van der Waals surface area contributed by atoms with E-state index in [-0.39, 0.29) is 0 Å². The van der Waals surface area contributed by atoms with Crippen LogP contribution in [0.25, 0.3) is 0 Å². The molecular weight excluding hydrogens is 356 g/mol. The Hall–Kier alpha value is -1.82. The van der Waals surface area contributed by atoms with Crippen molar-refractivity contribution in [1.82, 2.24) is 15.6 Å². The second-order valence-electron chi connectivity index (χ2n) is 5.37. The van der Waals surface area contributed by atoms with Crippen LogP contribution in [-0.4, -0.2) is 17.5 Å². The van der Waals surface area contributed by atoms with Crippen LogP contribution in [0, 0.1) is 20.8 Å². The third-order valence-electron chi connectivity index (χ3n) is 3.54. The first-order valence-electron chi connectivity index (χ1n) is 7.69. The SMILES string of the molecule is CCNC(=NCc1ccc(Br)cc1C)NCc1nc(C)c(C)o1. The Balaban J connectivity index is 2.01. The molecule has 2 aromatic rings. The molecule has 0 spiro atoms. The molecule has 2 N–H and O–H groups in total. The van der Waals surface area contributed by atoms with Crippen LogP contribution in [0.1, 0.15) is 35.4 Å². The maximum atomic E-state index is 5.58. The van der Waals surface area contributed by atoms with Gasteiger partial charge in [-0.2, -0.15) is 0 Å². The number of guanidine groups is 1. The molecule has 0 aliphatic rings. The summed E-state index contributed by atoms with van der Waals surface area (Å²) in [5.41, 5.74) is 3.35. The van der Waals surface area contributed by atoms with Gasteiger partial charge in [-0.25, -0.2) is 9.98 Å². The second kappa shape index (κ2) is 8.15. The van der Waals surface area contributed by atoms with Crippen molar-refractivity contribution in [3.8, 4) is 0 Å². The van der Waals surface area contributed by atoms with Gasteiger partial charge in [-0.1, -0.05) is 22.0 Å². The summed E-state index contributed by atoms with van der Waals surface area (Å²) in [7, 11) is 0. The molecule has 6 heteroatoms. The summed E-state index contributed by atoms with van der Waals surface area (Å²) >= 11 is 3.48. The van der Waals surface area contributed by atoms with Crippen LogP contribution in [0.4, 0.5) is 0 Å². The van der Waals surface area contributed by atoms with Gasteiger partial charge < -0.3 is 15.1 Å². The lowest BCUT2D eigenvalue weighted by atomic mass is 10.1. The van der Waals surface area contributed by atoms with Gasteiger partial charge in [0.1, 0.15) is 5.76 Å². The largest absolute Gasteiger partial charge is 0.444 e. The summed E-state index contributed by atoms with van der Waals surface area (Å²) in [6, 6.07) is 6.23. The van der Waals surface area contributed by atoms with Crippen molar-refractivity contribution in [2.45, 2.75) is 40.8 Å². The van der Waals surface area contributed by atoms with Gasteiger partial charge in [0.2, 0.25) is 5.89 Å². The van der Waals surface area contributed by atoms with E-state index in [4.69, 9.17) is 4.42 Å². The zero-order valence-corrected chi connectivity index (χ0v) is 15.6. The molecule has 0 fully saturated rings. The van der Waals surface area contributed by atoms with Crippen LogP contribution in [0.15, 0.2) is 32.1 Å². The van der Waals surface area contributed by atoms with Gasteiger partial charge in [-0.15, -0.1) is 0 Å². The molecule has 0 atom stereocenters. The lowest BCUT2D eigenvalue weighted by Crippen LogP contribution is -2.36. The zero-order valence-electron chi connectivity index (χ0n) is 14.0. The number of nitrogens with one attached hydrogen (secondary N) is 2. The quantitative estimate of drug-likeness (QED) is 0.615. The van der Waals surface area contributed by atoms with E-state index >= 15 is 0 Å². The smallest absolute Gasteiger partial charge is 0.214 e. The van der Waals surface area contributed by atoms with E-state index in [1.54, 1.807) is 0 Å². The molecule has 0 radical (unpaired) electrons. The van der Waals surface area contributed by atoms with Crippen molar-refractivity contribution in [3.05, 3.63) is 51.1 Å². The standard InChI is InChI=1S/C17H23BrN4O/c1-5-19-17(21-10-16-22-12(3)13(4)23-16)20-9-14-6-7-15(18)8-11(14)2/h6-8H,5,9-10H2,1-4H3,(H2,19,20,21). The highest BCUT2D eigenvalue weighted by molar-refractivity contribution is 9.10. The predicted octanol–water partition coefficient (Wildman–Crippen LogP) is 3.62. The number of aliphatic imine (C=N–C) groups is 1. The Kier molecular flexibility index (Phi) is 6.21. The molecule has 0 aliphatic carbocycles. The number of aryl methyl sites for hydroxylation is 3. The molecule has 0 saturated carbocycles. The number of nitrogens with zero attached hydrogens (tertiary/aromatic N) is 2. The third kappa shape index (κ3) is 5.10. The summed E-state index contributed by atoms with van der Waals surface area (Å²) in [5, 5.41) is 6.49. The number of hydrogen-bond acceptors (Lipinski definition) is 3. The number of oxazole rings is 1. The lowest BCUT2D eigenvalue weighted by Gasteiger charge is -2.10. The van der Waals surface area contributed by atoms with Crippen molar-refractivity contribution >= 4 is 21.9 Å². The fourth-order valence-electron chi connectivity index (χ4n) is 2.12. The number of rotatable bonds is 5. The summed E-state index contributed by atoms with van der Waals surface area (Å²) in [6.07, 6.45) is 0. The molecule has 23 heavy (non-hydrogen) atoms. The van der Waals surface area contributed by atoms with Crippen LogP contribution in [-0.2, 0) is 13.1 Å². The fraction of sp³-hybridized carbons (Fsp3) is 0.412. The number of halogens is 1. The maximum absolute atomic E-state index is 5.58. The van der Waals surface area contributed by atoms with Crippen molar-refractivity contribution in [2.24, 2.45) is 4.99 Å². The molecule has 1 aromatic carbocycles. The molecule has 1 aromatic heterocycles. The molecule has 0 amide bonds. The molecule has 5 nitrogen and oxygen atoms in total. The van der Waals surface area contributed by atoms with E-state index in [0.717, 1.165) is 28.4 Å². The molecule has 2 rings (SSSR count). The van der Waals surface area contributed by atoms with Gasteiger partial charge in [-0.05, 0) is 51.0 Å². The summed E-state index contributed by atoms with van der Waals surface area (Å²) in [4.78, 5) is 9.00. The van der Waals surface area contributed by atoms with Crippen molar-refractivity contribution in [1.29, 1.82) is 0 Å². The van der Waals surface area contributed by atoms with Crippen LogP contribution in [0.2, 0.25) is 0 Å². The van der Waals surface area contributed by atoms with Gasteiger partial charge in [0, 0.05) is 11.0 Å². The van der Waals surface area contributed by atoms with E-state index in [1.165, 1.54) is 11.1 Å². The van der Waals surface area contributed by atoms with Crippen molar-refractivity contribution < 1.29 is 4.42 Å². The minimum atomic E-state index is 0.514. The van der Waals surface area contributed by atoms with Crippen LogP contribution >= 0.6 is 15.9 Å². The monoisotopic (exact) mass is 378 g/mol. The van der Waals surface area contributed by atoms with Gasteiger partial charge in [0.25, 0.3) is 0 Å². The first kappa shape index (κ1) is 17.5. The fourth-order valence-corrected chi connectivity index (χ4v) is 2.59. The Labute approximate surface area is 145 Å². The van der Waals surface area contributed by atoms with Crippen molar-refractivity contribution in [3.63, 3.8) is 0 Å². The van der Waals surface area contributed by atoms with Crippen LogP contribution < -0.4 is 10.6 Å². The Bertz CT molecular complexity index is 674. The van der Waals surface area contributed by atoms with Gasteiger partial charge in [0.05, 0.1) is 18.8 Å².